The van der Waals surface area contributed by atoms with Crippen LogP contribution in [-0.2, 0) is 9.31 Å². The average molecular weight is 293 g/mol. The van der Waals surface area contributed by atoms with Gasteiger partial charge in [0, 0.05) is 10.8 Å². The van der Waals surface area contributed by atoms with Gasteiger partial charge in [0.1, 0.15) is 0 Å². The molecular weight excluding hydrogens is 273 g/mol. The molecule has 2 aliphatic rings. The zero-order valence-electron chi connectivity index (χ0n) is 12.4. The van der Waals surface area contributed by atoms with Crippen molar-refractivity contribution in [1.29, 1.82) is 0 Å². The van der Waals surface area contributed by atoms with Crippen molar-refractivity contribution in [3.63, 3.8) is 0 Å². The molecule has 0 unspecified atom stereocenters. The molecule has 2 heterocycles. The van der Waals surface area contributed by atoms with Crippen molar-refractivity contribution in [2.24, 2.45) is 0 Å². The molecule has 0 radical (unpaired) electrons. The fourth-order valence-corrected chi connectivity index (χ4v) is 2.92. The molecule has 0 spiro atoms. The van der Waals surface area contributed by atoms with Gasteiger partial charge in [-0.2, -0.15) is 0 Å². The van der Waals surface area contributed by atoms with E-state index in [4.69, 9.17) is 9.31 Å². The van der Waals surface area contributed by atoms with Gasteiger partial charge in [-0.1, -0.05) is 6.07 Å². The summed E-state index contributed by atoms with van der Waals surface area (Å²) in [5, 5.41) is 3.00. The maximum atomic E-state index is 12.0. The summed E-state index contributed by atoms with van der Waals surface area (Å²) in [5.74, 6) is 0.0141. The van der Waals surface area contributed by atoms with Gasteiger partial charge in [0.05, 0.1) is 16.1 Å². The van der Waals surface area contributed by atoms with Crippen molar-refractivity contribution in [3.8, 4) is 0 Å². The van der Waals surface area contributed by atoms with Crippen molar-refractivity contribution in [2.45, 2.75) is 57.8 Å². The topological polar surface area (TPSA) is 47.6 Å². The van der Waals surface area contributed by atoms with Crippen LogP contribution in [0.15, 0.2) is 12.1 Å². The van der Waals surface area contributed by atoms with E-state index in [2.05, 4.69) is 5.32 Å². The van der Waals surface area contributed by atoms with Crippen molar-refractivity contribution in [2.75, 3.05) is 0 Å². The van der Waals surface area contributed by atoms with Gasteiger partial charge in [0.25, 0.3) is 5.91 Å². The zero-order valence-corrected chi connectivity index (χ0v) is 13.2. The summed E-state index contributed by atoms with van der Waals surface area (Å²) in [6.07, 6.45) is 2.20. The maximum absolute atomic E-state index is 12.0. The Balaban J connectivity index is 1.72. The fraction of sp³-hybridized carbons (Fsp3) is 0.643. The molecule has 0 aromatic carbocycles. The summed E-state index contributed by atoms with van der Waals surface area (Å²) >= 11 is 1.45. The van der Waals surface area contributed by atoms with Crippen molar-refractivity contribution >= 4 is 29.1 Å². The molecule has 4 nitrogen and oxygen atoms in total. The predicted molar refractivity (Wildman–Crippen MR) is 80.5 cm³/mol. The minimum Gasteiger partial charge on any atom is -0.399 e. The number of hydrogen-bond donors (Lipinski definition) is 1. The minimum absolute atomic E-state index is 0.0141. The Kier molecular flexibility index (Phi) is 3.23. The van der Waals surface area contributed by atoms with Crippen molar-refractivity contribution < 1.29 is 14.1 Å². The van der Waals surface area contributed by atoms with Gasteiger partial charge in [-0.05, 0) is 46.6 Å². The lowest BCUT2D eigenvalue weighted by molar-refractivity contribution is 0.00578. The van der Waals surface area contributed by atoms with Gasteiger partial charge in [0.15, 0.2) is 0 Å². The molecule has 1 amide bonds. The number of thiophene rings is 1. The molecule has 1 saturated carbocycles. The highest BCUT2D eigenvalue weighted by Gasteiger charge is 2.52. The Hall–Kier alpha value is -0.845. The van der Waals surface area contributed by atoms with Gasteiger partial charge in [-0.15, -0.1) is 11.3 Å². The Morgan fingerprint density at radius 3 is 2.40 bits per heavy atom. The molecule has 1 aromatic rings. The van der Waals surface area contributed by atoms with Gasteiger partial charge >= 0.3 is 7.12 Å². The molecule has 1 saturated heterocycles. The molecule has 0 atom stereocenters. The zero-order chi connectivity index (χ0) is 14.5. The monoisotopic (exact) mass is 293 g/mol. The van der Waals surface area contributed by atoms with E-state index in [9.17, 15) is 4.79 Å². The quantitative estimate of drug-likeness (QED) is 0.866. The van der Waals surface area contributed by atoms with E-state index >= 15 is 0 Å². The summed E-state index contributed by atoms with van der Waals surface area (Å²) in [5.41, 5.74) is -0.698. The first-order valence-corrected chi connectivity index (χ1v) is 7.86. The van der Waals surface area contributed by atoms with E-state index in [0.717, 1.165) is 22.5 Å². The first-order chi connectivity index (χ1) is 9.28. The van der Waals surface area contributed by atoms with E-state index in [1.54, 1.807) is 0 Å². The normalized spacial score (nSPS) is 23.9. The van der Waals surface area contributed by atoms with Crippen molar-refractivity contribution in [1.82, 2.24) is 5.32 Å². The molecule has 1 N–H and O–H groups in total. The highest BCUT2D eigenvalue weighted by molar-refractivity contribution is 7.23. The average Bonchev–Trinajstić information content (AvgIpc) is 2.94. The molecule has 3 rings (SSSR count). The standard InChI is InChI=1S/C14H20BNO3S/c1-13(2)14(3,4)19-15(18-13)11-8-7-10(20-11)12(17)16-9-5-6-9/h7-9H,5-6H2,1-4H3,(H,16,17). The van der Waals surface area contributed by atoms with Crippen LogP contribution < -0.4 is 10.1 Å². The molecular formula is C14H20BNO3S. The second-order valence-corrected chi connectivity index (χ2v) is 7.65. The third-order valence-corrected chi connectivity index (χ3v) is 5.35. The van der Waals surface area contributed by atoms with Crippen molar-refractivity contribution in [3.05, 3.63) is 17.0 Å². The van der Waals surface area contributed by atoms with E-state index < -0.39 is 0 Å². The lowest BCUT2D eigenvalue weighted by Gasteiger charge is -2.32. The number of carbonyl (C=O) groups excluding carboxylic acids is 1. The summed E-state index contributed by atoms with van der Waals surface area (Å²) < 4.78 is 12.9. The van der Waals surface area contributed by atoms with E-state index in [1.165, 1.54) is 11.3 Å². The predicted octanol–water partition coefficient (Wildman–Crippen LogP) is 1.94. The van der Waals surface area contributed by atoms with Crippen LogP contribution in [0.1, 0.15) is 50.2 Å². The van der Waals surface area contributed by atoms with E-state index in [1.807, 2.05) is 39.8 Å². The van der Waals surface area contributed by atoms with Crippen LogP contribution in [0.5, 0.6) is 0 Å². The summed E-state index contributed by atoms with van der Waals surface area (Å²) in [6, 6.07) is 4.15. The maximum Gasteiger partial charge on any atom is 0.505 e. The number of hydrogen-bond acceptors (Lipinski definition) is 4. The molecule has 1 aliphatic carbocycles. The van der Waals surface area contributed by atoms with Crippen LogP contribution >= 0.6 is 11.3 Å². The van der Waals surface area contributed by atoms with Crippen LogP contribution in [0.25, 0.3) is 0 Å². The van der Waals surface area contributed by atoms with Crippen LogP contribution in [-0.4, -0.2) is 30.3 Å². The third kappa shape index (κ3) is 2.52. The van der Waals surface area contributed by atoms with Gasteiger partial charge < -0.3 is 14.6 Å². The van der Waals surface area contributed by atoms with E-state index in [-0.39, 0.29) is 24.2 Å². The van der Waals surface area contributed by atoms with Gasteiger partial charge in [-0.25, -0.2) is 0 Å². The van der Waals surface area contributed by atoms with Crippen LogP contribution in [0.2, 0.25) is 0 Å². The highest BCUT2D eigenvalue weighted by Crippen LogP contribution is 2.37. The van der Waals surface area contributed by atoms with Crippen LogP contribution in [0.3, 0.4) is 0 Å². The molecule has 6 heteroatoms. The van der Waals surface area contributed by atoms with Gasteiger partial charge in [0.2, 0.25) is 0 Å². The number of carbonyl (C=O) groups is 1. The second-order valence-electron chi connectivity index (χ2n) is 6.54. The van der Waals surface area contributed by atoms with Crippen LogP contribution in [0, 0.1) is 0 Å². The Morgan fingerprint density at radius 1 is 1.25 bits per heavy atom. The number of nitrogens with one attached hydrogen (secondary N) is 1. The Morgan fingerprint density at radius 2 is 1.85 bits per heavy atom. The number of rotatable bonds is 3. The molecule has 2 fully saturated rings. The summed E-state index contributed by atoms with van der Waals surface area (Å²) in [7, 11) is -0.382. The largest absolute Gasteiger partial charge is 0.505 e. The molecule has 0 bridgehead atoms. The molecule has 20 heavy (non-hydrogen) atoms. The van der Waals surface area contributed by atoms with Gasteiger partial charge in [-0.3, -0.25) is 4.79 Å². The molecule has 1 aromatic heterocycles. The number of amides is 1. The Labute approximate surface area is 124 Å². The minimum atomic E-state index is -0.382. The second kappa shape index (κ2) is 4.58. The first kappa shape index (κ1) is 14.1. The molecule has 108 valence electrons. The summed E-state index contributed by atoms with van der Waals surface area (Å²) in [6.45, 7) is 8.12. The fourth-order valence-electron chi connectivity index (χ4n) is 2.04. The van der Waals surface area contributed by atoms with E-state index in [0.29, 0.717) is 6.04 Å². The smallest absolute Gasteiger partial charge is 0.399 e. The lowest BCUT2D eigenvalue weighted by atomic mass is 9.88. The Bertz CT molecular complexity index is 520. The first-order valence-electron chi connectivity index (χ1n) is 7.05. The third-order valence-electron chi connectivity index (χ3n) is 4.25. The lowest BCUT2D eigenvalue weighted by Crippen LogP contribution is -2.41. The SMILES string of the molecule is CC1(C)OB(c2ccc(C(=O)NC3CC3)s2)OC1(C)C. The highest BCUT2D eigenvalue weighted by atomic mass is 32.1. The molecule has 1 aliphatic heterocycles. The van der Waals surface area contributed by atoms with Crippen LogP contribution in [0.4, 0.5) is 0 Å². The summed E-state index contributed by atoms with van der Waals surface area (Å²) in [4.78, 5) is 12.7.